The zero-order chi connectivity index (χ0) is 9.97. The van der Waals surface area contributed by atoms with Gasteiger partial charge in [0.1, 0.15) is 11.5 Å². The van der Waals surface area contributed by atoms with Crippen molar-refractivity contribution in [3.05, 3.63) is 42.2 Å². The molecule has 0 saturated carbocycles. The van der Waals surface area contributed by atoms with Crippen LogP contribution in [0.5, 0.6) is 0 Å². The van der Waals surface area contributed by atoms with Crippen LogP contribution < -0.4 is 0 Å². The van der Waals surface area contributed by atoms with E-state index in [0.29, 0.717) is 5.92 Å². The van der Waals surface area contributed by atoms with Crippen molar-refractivity contribution in [2.75, 3.05) is 0 Å². The molecule has 2 nitrogen and oxygen atoms in total. The normalized spacial score (nSPS) is 10.8. The van der Waals surface area contributed by atoms with Gasteiger partial charge < -0.3 is 4.52 Å². The summed E-state index contributed by atoms with van der Waals surface area (Å²) < 4.78 is 5.23. The maximum absolute atomic E-state index is 5.23. The zero-order valence-electron chi connectivity index (χ0n) is 8.40. The molecule has 0 aliphatic rings. The van der Waals surface area contributed by atoms with Gasteiger partial charge in [0.05, 0.1) is 0 Å². The van der Waals surface area contributed by atoms with Crippen molar-refractivity contribution >= 4 is 0 Å². The highest BCUT2D eigenvalue weighted by Crippen LogP contribution is 2.22. The SMILES string of the molecule is CC(C)c1cc(-c2ccccc2)no1. The smallest absolute Gasteiger partial charge is 0.139 e. The van der Waals surface area contributed by atoms with Gasteiger partial charge in [0, 0.05) is 17.5 Å². The Kier molecular flexibility index (Phi) is 2.35. The molecule has 2 heteroatoms. The van der Waals surface area contributed by atoms with Crippen LogP contribution >= 0.6 is 0 Å². The standard InChI is InChI=1S/C12H13NO/c1-9(2)12-8-11(13-14-12)10-6-4-3-5-7-10/h3-9H,1-2H3. The van der Waals surface area contributed by atoms with Crippen LogP contribution in [0.3, 0.4) is 0 Å². The third-order valence-corrected chi connectivity index (χ3v) is 2.17. The number of nitrogens with zero attached hydrogens (tertiary/aromatic N) is 1. The highest BCUT2D eigenvalue weighted by molar-refractivity contribution is 5.58. The lowest BCUT2D eigenvalue weighted by Crippen LogP contribution is -1.80. The summed E-state index contributed by atoms with van der Waals surface area (Å²) in [6.45, 7) is 4.19. The van der Waals surface area contributed by atoms with Gasteiger partial charge in [-0.2, -0.15) is 0 Å². The van der Waals surface area contributed by atoms with Gasteiger partial charge in [-0.25, -0.2) is 0 Å². The Hall–Kier alpha value is -1.57. The van der Waals surface area contributed by atoms with E-state index in [1.165, 1.54) is 0 Å². The van der Waals surface area contributed by atoms with E-state index in [4.69, 9.17) is 4.52 Å². The molecule has 0 radical (unpaired) electrons. The molecule has 0 unspecified atom stereocenters. The fraction of sp³-hybridized carbons (Fsp3) is 0.250. The van der Waals surface area contributed by atoms with Gasteiger partial charge in [0.2, 0.25) is 0 Å². The predicted molar refractivity (Wildman–Crippen MR) is 56.0 cm³/mol. The molecule has 14 heavy (non-hydrogen) atoms. The number of hydrogen-bond acceptors (Lipinski definition) is 2. The lowest BCUT2D eigenvalue weighted by molar-refractivity contribution is 0.373. The highest BCUT2D eigenvalue weighted by Gasteiger charge is 2.08. The average Bonchev–Trinajstić information content (AvgIpc) is 2.68. The summed E-state index contributed by atoms with van der Waals surface area (Å²) in [6.07, 6.45) is 0. The van der Waals surface area contributed by atoms with Crippen molar-refractivity contribution in [1.29, 1.82) is 0 Å². The second-order valence-electron chi connectivity index (χ2n) is 3.64. The van der Waals surface area contributed by atoms with E-state index in [1.807, 2.05) is 36.4 Å². The van der Waals surface area contributed by atoms with Gasteiger partial charge >= 0.3 is 0 Å². The lowest BCUT2D eigenvalue weighted by atomic mass is 10.1. The first-order valence-electron chi connectivity index (χ1n) is 4.79. The third kappa shape index (κ3) is 1.69. The summed E-state index contributed by atoms with van der Waals surface area (Å²) in [5.41, 5.74) is 2.01. The van der Waals surface area contributed by atoms with Gasteiger partial charge in [-0.15, -0.1) is 0 Å². The minimum absolute atomic E-state index is 0.389. The molecule has 1 aromatic carbocycles. The van der Waals surface area contributed by atoms with Crippen LogP contribution in [-0.2, 0) is 0 Å². The van der Waals surface area contributed by atoms with Crippen LogP contribution in [0.4, 0.5) is 0 Å². The van der Waals surface area contributed by atoms with Crippen molar-refractivity contribution in [2.24, 2.45) is 0 Å². The van der Waals surface area contributed by atoms with Crippen LogP contribution in [0.2, 0.25) is 0 Å². The summed E-state index contributed by atoms with van der Waals surface area (Å²) in [6, 6.07) is 12.1. The molecule has 0 bridgehead atoms. The van der Waals surface area contributed by atoms with Crippen molar-refractivity contribution in [2.45, 2.75) is 19.8 Å². The Labute approximate surface area is 83.5 Å². The van der Waals surface area contributed by atoms with E-state index < -0.39 is 0 Å². The molecule has 0 aliphatic heterocycles. The molecule has 0 fully saturated rings. The van der Waals surface area contributed by atoms with Crippen LogP contribution in [-0.4, -0.2) is 5.16 Å². The molecule has 72 valence electrons. The number of aromatic nitrogens is 1. The molecule has 2 aromatic rings. The fourth-order valence-electron chi connectivity index (χ4n) is 1.31. The zero-order valence-corrected chi connectivity index (χ0v) is 8.40. The molecular weight excluding hydrogens is 174 g/mol. The largest absolute Gasteiger partial charge is 0.361 e. The van der Waals surface area contributed by atoms with E-state index in [0.717, 1.165) is 17.0 Å². The molecular formula is C12H13NO. The maximum atomic E-state index is 5.23. The summed E-state index contributed by atoms with van der Waals surface area (Å²) in [5.74, 6) is 1.32. The first-order valence-corrected chi connectivity index (χ1v) is 4.79. The van der Waals surface area contributed by atoms with E-state index >= 15 is 0 Å². The number of hydrogen-bond donors (Lipinski definition) is 0. The van der Waals surface area contributed by atoms with Crippen LogP contribution in [0.25, 0.3) is 11.3 Å². The molecule has 0 saturated heterocycles. The minimum atomic E-state index is 0.389. The molecule has 2 rings (SSSR count). The molecule has 1 aromatic heterocycles. The van der Waals surface area contributed by atoms with E-state index in [1.54, 1.807) is 0 Å². The Balaban J connectivity index is 2.34. The monoisotopic (exact) mass is 187 g/mol. The topological polar surface area (TPSA) is 26.0 Å². The molecule has 1 heterocycles. The number of benzene rings is 1. The molecule has 0 atom stereocenters. The Morgan fingerprint density at radius 1 is 1.14 bits per heavy atom. The van der Waals surface area contributed by atoms with Crippen LogP contribution in [0, 0.1) is 0 Å². The van der Waals surface area contributed by atoms with Crippen LogP contribution in [0.1, 0.15) is 25.5 Å². The predicted octanol–water partition coefficient (Wildman–Crippen LogP) is 3.47. The minimum Gasteiger partial charge on any atom is -0.361 e. The first kappa shape index (κ1) is 9.00. The van der Waals surface area contributed by atoms with Gasteiger partial charge in [0.15, 0.2) is 0 Å². The Morgan fingerprint density at radius 3 is 2.43 bits per heavy atom. The van der Waals surface area contributed by atoms with Crippen molar-refractivity contribution < 1.29 is 4.52 Å². The Morgan fingerprint density at radius 2 is 1.86 bits per heavy atom. The molecule has 0 aliphatic carbocycles. The van der Waals surface area contributed by atoms with Gasteiger partial charge in [-0.05, 0) is 0 Å². The van der Waals surface area contributed by atoms with Crippen LogP contribution in [0.15, 0.2) is 40.9 Å². The average molecular weight is 187 g/mol. The summed E-state index contributed by atoms with van der Waals surface area (Å²) in [5, 5.41) is 4.03. The summed E-state index contributed by atoms with van der Waals surface area (Å²) in [4.78, 5) is 0. The van der Waals surface area contributed by atoms with E-state index in [2.05, 4.69) is 19.0 Å². The van der Waals surface area contributed by atoms with E-state index in [9.17, 15) is 0 Å². The lowest BCUT2D eigenvalue weighted by Gasteiger charge is -1.94. The molecule has 0 N–H and O–H groups in total. The highest BCUT2D eigenvalue weighted by atomic mass is 16.5. The second-order valence-corrected chi connectivity index (χ2v) is 3.64. The Bertz CT molecular complexity index is 403. The van der Waals surface area contributed by atoms with Gasteiger partial charge in [-0.1, -0.05) is 49.3 Å². The molecule has 0 amide bonds. The second kappa shape index (κ2) is 3.66. The maximum Gasteiger partial charge on any atom is 0.139 e. The third-order valence-electron chi connectivity index (χ3n) is 2.17. The number of rotatable bonds is 2. The quantitative estimate of drug-likeness (QED) is 0.719. The summed E-state index contributed by atoms with van der Waals surface area (Å²) in [7, 11) is 0. The van der Waals surface area contributed by atoms with Gasteiger partial charge in [0.25, 0.3) is 0 Å². The molecule has 0 spiro atoms. The van der Waals surface area contributed by atoms with Gasteiger partial charge in [-0.3, -0.25) is 0 Å². The van der Waals surface area contributed by atoms with Crippen molar-refractivity contribution in [3.63, 3.8) is 0 Å². The first-order chi connectivity index (χ1) is 6.77. The van der Waals surface area contributed by atoms with Crippen molar-refractivity contribution in [1.82, 2.24) is 5.16 Å². The van der Waals surface area contributed by atoms with Crippen molar-refractivity contribution in [3.8, 4) is 11.3 Å². The summed E-state index contributed by atoms with van der Waals surface area (Å²) >= 11 is 0. The fourth-order valence-corrected chi connectivity index (χ4v) is 1.31. The van der Waals surface area contributed by atoms with E-state index in [-0.39, 0.29) is 0 Å².